The highest BCUT2D eigenvalue weighted by Gasteiger charge is 3.41. The average Bonchev–Trinajstić information content (AvgIpc) is 3.49. The van der Waals surface area contributed by atoms with Gasteiger partial charge in [-0.1, -0.05) is 6.92 Å². The van der Waals surface area contributed by atoms with E-state index < -0.39 is 0 Å². The van der Waals surface area contributed by atoms with E-state index >= 15 is 0 Å². The molecular weight excluding hydrogens is 793 g/mol. The van der Waals surface area contributed by atoms with Gasteiger partial charge < -0.3 is 0 Å². The maximum absolute atomic E-state index is 3.16. The van der Waals surface area contributed by atoms with Crippen molar-refractivity contribution in [3.05, 3.63) is 0 Å². The van der Waals surface area contributed by atoms with Crippen LogP contribution in [0.1, 0.15) is 64.7 Å². The summed E-state index contributed by atoms with van der Waals surface area (Å²) in [7, 11) is 0. The van der Waals surface area contributed by atoms with Crippen molar-refractivity contribution >= 4 is 0 Å². The maximum Gasteiger partial charge on any atom is -0.00198 e. The van der Waals surface area contributed by atoms with E-state index in [4.69, 9.17) is 0 Å². The summed E-state index contributed by atoms with van der Waals surface area (Å²) in [5.41, 5.74) is 16.2. The summed E-state index contributed by atoms with van der Waals surface area (Å²) in [6.07, 6.45) is 17.5. The lowest BCUT2D eigenvalue weighted by Gasteiger charge is -3.39. The fourth-order valence-corrected chi connectivity index (χ4v) is 60.2. The third-order valence-corrected chi connectivity index (χ3v) is 48.3. The Morgan fingerprint density at radius 3 is 1.45 bits per heavy atom. The molecule has 0 N–H and O–H groups in total. The zero-order valence-electron chi connectivity index (χ0n) is 38.4. The largest absolute Gasteiger partial charge is 0.0622 e. The molecule has 0 amide bonds. The Kier molecular flexibility index (Phi) is 2.08. The SMILES string of the molecule is C[C@@H]1C[C@]23C[C@@H]4[C@@H]5C[C@@H]6C7C8C9[C@@H]%10C[C@@H]%11C%12C%13[C@@H]%14C[C@H]%15C%16C%17C%18[C@H]%19C[C@@]%20%21C[C@H]%22C%23[C@@H]%24C[C@@H]%25C%26C%10C%12%10C%12C%14C%14(C%15%19)C%20C%23(C%12%25)C%12%15C8%26C%24C6C4%22C%124C76C5C2C2[C@@H]1C[C@H]%17C1C5C%11C97C6C12C%18(C%14(C5%13%16)C%107%15)C43%21. The van der Waals surface area contributed by atoms with Crippen molar-refractivity contribution in [1.82, 2.24) is 0 Å². The molecule has 0 heteroatoms. The monoisotopic (exact) mass is 852 g/mol. The van der Waals surface area contributed by atoms with Gasteiger partial charge >= 0.3 is 0 Å². The van der Waals surface area contributed by atoms with Gasteiger partial charge in [0.05, 0.1) is 0 Å². The van der Waals surface area contributed by atoms with E-state index in [1.807, 2.05) is 57.8 Å². The first kappa shape index (κ1) is 26.8. The van der Waals surface area contributed by atoms with Crippen molar-refractivity contribution in [3.8, 4) is 0 Å². The molecule has 40 unspecified atom stereocenters. The van der Waals surface area contributed by atoms with Crippen LogP contribution >= 0.6 is 0 Å². The Labute approximate surface area is 385 Å². The Hall–Kier alpha value is 0. The fourth-order valence-electron chi connectivity index (χ4n) is 60.2. The Bertz CT molecular complexity index is 3550. The van der Waals surface area contributed by atoms with Crippen LogP contribution in [-0.4, -0.2) is 0 Å². The molecule has 0 radical (unpaired) electrons. The maximum atomic E-state index is 3.16. The molecule has 58 rings (SSSR count). The van der Waals surface area contributed by atoms with Crippen molar-refractivity contribution in [2.75, 3.05) is 0 Å². The van der Waals surface area contributed by atoms with Crippen molar-refractivity contribution in [2.24, 2.45) is 323 Å². The van der Waals surface area contributed by atoms with Gasteiger partial charge in [-0.25, -0.2) is 0 Å². The minimum absolute atomic E-state index is 0.868. The first-order valence-electron chi connectivity index (χ1n) is 32.6. The minimum Gasteiger partial charge on any atom is -0.0622 e. The second-order valence-electron chi connectivity index (χ2n) is 39.8. The van der Waals surface area contributed by atoms with E-state index in [1.54, 1.807) is 0 Å². The molecule has 0 heterocycles. The highest BCUT2D eigenvalue weighted by Crippen LogP contribution is 3.43. The molecule has 324 valence electrons. The molecule has 0 aliphatic heterocycles. The predicted molar refractivity (Wildman–Crippen MR) is 225 cm³/mol. The summed E-state index contributed by atoms with van der Waals surface area (Å²) < 4.78 is 0. The van der Waals surface area contributed by atoms with Gasteiger partial charge in [-0.05, 0) is 381 Å². The quantitative estimate of drug-likeness (QED) is 0.229. The number of hydrogen-bond acceptors (Lipinski definition) is 0. The first-order valence-corrected chi connectivity index (χ1v) is 32.6. The standard InChI is InChI=1S/C66H60/c1-11-7-50-9-23-13-3-17-33-34-16-5-19-38-37-21-6-20-36-35-18-4-15-26-22-8-51-10-24-27(16)58-40(19)46-39(18)57(26,48(51)58)63-53(35)28(15)25-14-2-12(11)30-44(50)31(13)59-41(17)47-43(21)60-42(20)45(53)32(14)56(30,49(59)60)61(63,29(22)25)62(50,51)64(59,52(23,24)33)66(58,55(34,38)47)65(60,63)54(36,37)46/h11-49H,2-10H2,1H3/t11-,12-,13+,14-,15-,16+,17+,18+,19-,20-,21-,22+,23-,24+,25?,26?,27?,28?,29?,30?,31?,32?,33?,34?,35?,36?,37?,38?,39?,40?,41?,42?,43?,44?,45?,46?,47?,48?,49?,50+,51-,52?,53?,54?,55?,56?,57?,58?,59?,60?,61?,62?,63?,64?,65?,66?/m1/s1. The van der Waals surface area contributed by atoms with Crippen LogP contribution in [0.15, 0.2) is 0 Å². The molecule has 58 aliphatic carbocycles. The summed E-state index contributed by atoms with van der Waals surface area (Å²) in [5, 5.41) is 0. The van der Waals surface area contributed by atoms with Gasteiger partial charge in [-0.3, -0.25) is 0 Å². The molecule has 0 nitrogen and oxygen atoms in total. The molecule has 66 heavy (non-hydrogen) atoms. The molecule has 58 saturated carbocycles. The molecule has 0 aromatic rings. The van der Waals surface area contributed by atoms with E-state index in [-0.39, 0.29) is 0 Å². The topological polar surface area (TPSA) is 0 Å². The van der Waals surface area contributed by atoms with Gasteiger partial charge in [0.1, 0.15) is 0 Å². The Balaban J connectivity index is 0.968. The minimum atomic E-state index is 0.868. The molecule has 0 aromatic carbocycles. The second-order valence-corrected chi connectivity index (χ2v) is 39.8. The smallest absolute Gasteiger partial charge is 0.00198 e. The van der Waals surface area contributed by atoms with Crippen LogP contribution in [0.4, 0.5) is 0 Å². The Morgan fingerprint density at radius 1 is 0.258 bits per heavy atom. The lowest BCUT2D eigenvalue weighted by molar-refractivity contribution is -0.937. The Morgan fingerprint density at radius 2 is 0.742 bits per heavy atom. The molecule has 58 fully saturated rings. The van der Waals surface area contributed by atoms with Crippen LogP contribution in [0, 0.1) is 323 Å². The number of hydrogen-bond donors (Lipinski definition) is 0. The van der Waals surface area contributed by atoms with Gasteiger partial charge in [0, 0.05) is 0 Å². The molecule has 0 aromatic heterocycles. The number of rotatable bonds is 0. The lowest BCUT2D eigenvalue weighted by Crippen LogP contribution is -3.37. The zero-order chi connectivity index (χ0) is 38.4. The van der Waals surface area contributed by atoms with E-state index in [0.29, 0.717) is 0 Å². The van der Waals surface area contributed by atoms with Crippen molar-refractivity contribution in [1.29, 1.82) is 0 Å². The van der Waals surface area contributed by atoms with Crippen LogP contribution in [0.25, 0.3) is 0 Å². The second kappa shape index (κ2) is 5.12. The van der Waals surface area contributed by atoms with Crippen LogP contribution in [0.3, 0.4) is 0 Å². The van der Waals surface area contributed by atoms with Gasteiger partial charge in [0.2, 0.25) is 0 Å². The zero-order valence-corrected chi connectivity index (χ0v) is 38.4. The third-order valence-electron chi connectivity index (χ3n) is 48.3. The van der Waals surface area contributed by atoms with Crippen LogP contribution in [0.5, 0.6) is 0 Å². The summed E-state index contributed by atoms with van der Waals surface area (Å²) in [6.45, 7) is 3.16. The molecule has 58 aliphatic rings. The van der Waals surface area contributed by atoms with E-state index in [2.05, 4.69) is 6.92 Å². The van der Waals surface area contributed by atoms with E-state index in [1.165, 1.54) is 225 Å². The summed E-state index contributed by atoms with van der Waals surface area (Å²) >= 11 is 0. The average molecular weight is 853 g/mol. The van der Waals surface area contributed by atoms with Gasteiger partial charge in [0.25, 0.3) is 0 Å². The van der Waals surface area contributed by atoms with Crippen LogP contribution in [0.2, 0.25) is 0 Å². The molecule has 17 spiro atoms. The van der Waals surface area contributed by atoms with Gasteiger partial charge in [-0.15, -0.1) is 0 Å². The fraction of sp³-hybridized carbons (Fsp3) is 1.00. The van der Waals surface area contributed by atoms with Crippen molar-refractivity contribution in [3.63, 3.8) is 0 Å². The summed E-state index contributed by atoms with van der Waals surface area (Å²) in [4.78, 5) is 0. The molecule has 54 bridgehead atoms. The highest BCUT2D eigenvalue weighted by atomic mass is 15.4. The summed E-state index contributed by atoms with van der Waals surface area (Å²) in [6, 6.07) is 0. The van der Waals surface area contributed by atoms with E-state index in [0.717, 1.165) is 98.0 Å². The van der Waals surface area contributed by atoms with Crippen LogP contribution < -0.4 is 0 Å². The van der Waals surface area contributed by atoms with Gasteiger partial charge in [0.15, 0.2) is 0 Å². The molecule has 0 saturated heterocycles. The van der Waals surface area contributed by atoms with E-state index in [9.17, 15) is 0 Å². The van der Waals surface area contributed by atoms with Crippen molar-refractivity contribution in [2.45, 2.75) is 64.7 Å². The summed E-state index contributed by atoms with van der Waals surface area (Å²) in [5.74, 6) is 51.9. The van der Waals surface area contributed by atoms with Crippen LogP contribution in [-0.2, 0) is 0 Å². The van der Waals surface area contributed by atoms with Gasteiger partial charge in [-0.2, -0.15) is 0 Å². The molecular formula is C66H60. The van der Waals surface area contributed by atoms with Crippen molar-refractivity contribution < 1.29 is 0 Å². The predicted octanol–water partition coefficient (Wildman–Crippen LogP) is 8.82. The molecule has 56 atom stereocenters. The lowest BCUT2D eigenvalue weighted by atomic mass is 8.64. The normalized spacial score (nSPS) is 117. The first-order chi connectivity index (χ1) is 32.6. The third kappa shape index (κ3) is 0.950. The highest BCUT2D eigenvalue weighted by molar-refractivity contribution is 5.86.